The van der Waals surface area contributed by atoms with Crippen LogP contribution in [0.5, 0.6) is 0 Å². The van der Waals surface area contributed by atoms with Crippen molar-refractivity contribution in [2.45, 2.75) is 50.7 Å². The van der Waals surface area contributed by atoms with Crippen LogP contribution in [0.2, 0.25) is 0 Å². The van der Waals surface area contributed by atoms with E-state index in [0.717, 1.165) is 0 Å². The molecule has 0 radical (unpaired) electrons. The van der Waals surface area contributed by atoms with Gasteiger partial charge in [0.25, 0.3) is 0 Å². The number of benzene rings is 1. The van der Waals surface area contributed by atoms with E-state index >= 15 is 0 Å². The minimum absolute atomic E-state index is 0.0660. The molecule has 84 valence electrons. The van der Waals surface area contributed by atoms with Crippen molar-refractivity contribution in [3.63, 3.8) is 0 Å². The van der Waals surface area contributed by atoms with E-state index < -0.39 is 0 Å². The van der Waals surface area contributed by atoms with E-state index in [0.29, 0.717) is 5.92 Å². The largest absolute Gasteiger partial charge is 0.172 e. The third-order valence-corrected chi connectivity index (χ3v) is 3.21. The molecule has 0 aliphatic carbocycles. The molecule has 1 rings (SSSR count). The molecule has 0 aliphatic rings. The van der Waals surface area contributed by atoms with Crippen molar-refractivity contribution < 1.29 is 0 Å². The summed E-state index contributed by atoms with van der Waals surface area (Å²) in [7, 11) is 0. The molecular formula is C14H22S. The smallest absolute Gasteiger partial charge is 0.0142 e. The highest BCUT2D eigenvalue weighted by molar-refractivity contribution is 7.81. The highest BCUT2D eigenvalue weighted by Gasteiger charge is 2.26. The number of hydrogen-bond donors (Lipinski definition) is 1. The molecule has 0 bridgehead atoms. The van der Waals surface area contributed by atoms with Crippen molar-refractivity contribution in [3.8, 4) is 0 Å². The van der Waals surface area contributed by atoms with Crippen LogP contribution in [0, 0.1) is 0 Å². The fraction of sp³-hybridized carbons (Fsp3) is 0.571. The van der Waals surface area contributed by atoms with E-state index in [9.17, 15) is 0 Å². The van der Waals surface area contributed by atoms with E-state index in [1.165, 1.54) is 24.8 Å². The van der Waals surface area contributed by atoms with Crippen LogP contribution in [-0.2, 0) is 0 Å². The van der Waals surface area contributed by atoms with Gasteiger partial charge in [0.15, 0.2) is 0 Å². The van der Waals surface area contributed by atoms with Gasteiger partial charge in [-0.2, -0.15) is 12.6 Å². The Bertz CT molecular complexity index is 271. The number of thiol groups is 1. The third-order valence-electron chi connectivity index (χ3n) is 2.90. The molecule has 0 fully saturated rings. The number of unbranched alkanes of at least 4 members (excludes halogenated alkanes) is 1. The molecule has 1 aromatic rings. The summed E-state index contributed by atoms with van der Waals surface area (Å²) in [6, 6.07) is 10.8. The van der Waals surface area contributed by atoms with Gasteiger partial charge in [0.2, 0.25) is 0 Å². The van der Waals surface area contributed by atoms with Crippen LogP contribution in [0.15, 0.2) is 30.3 Å². The quantitative estimate of drug-likeness (QED) is 0.688. The molecule has 0 heterocycles. The molecule has 0 spiro atoms. The Kier molecular flexibility index (Phi) is 4.72. The minimum atomic E-state index is 0.0660. The molecule has 15 heavy (non-hydrogen) atoms. The Labute approximate surface area is 99.5 Å². The highest BCUT2D eigenvalue weighted by atomic mass is 32.1. The first kappa shape index (κ1) is 12.6. The normalized spacial score (nSPS) is 13.9. The summed E-state index contributed by atoms with van der Waals surface area (Å²) in [6.07, 6.45) is 3.77. The summed E-state index contributed by atoms with van der Waals surface area (Å²) < 4.78 is 0.0660. The molecule has 0 saturated carbocycles. The monoisotopic (exact) mass is 222 g/mol. The summed E-state index contributed by atoms with van der Waals surface area (Å²) in [5, 5.41) is 0. The molecule has 0 saturated heterocycles. The van der Waals surface area contributed by atoms with E-state index in [2.05, 4.69) is 51.1 Å². The highest BCUT2D eigenvalue weighted by Crippen LogP contribution is 2.36. The van der Waals surface area contributed by atoms with Crippen LogP contribution in [0.3, 0.4) is 0 Å². The van der Waals surface area contributed by atoms with Crippen molar-refractivity contribution in [3.05, 3.63) is 35.9 Å². The molecule has 0 N–H and O–H groups in total. The lowest BCUT2D eigenvalue weighted by atomic mass is 9.84. The Morgan fingerprint density at radius 2 is 1.80 bits per heavy atom. The predicted molar refractivity (Wildman–Crippen MR) is 71.8 cm³/mol. The van der Waals surface area contributed by atoms with Crippen LogP contribution in [-0.4, -0.2) is 4.75 Å². The van der Waals surface area contributed by atoms with Crippen molar-refractivity contribution >= 4 is 12.6 Å². The molecule has 1 heteroatoms. The zero-order valence-corrected chi connectivity index (χ0v) is 10.9. The second-order valence-electron chi connectivity index (χ2n) is 4.76. The van der Waals surface area contributed by atoms with Crippen LogP contribution in [0.25, 0.3) is 0 Å². The second kappa shape index (κ2) is 5.60. The van der Waals surface area contributed by atoms with E-state index in [1.807, 2.05) is 0 Å². The minimum Gasteiger partial charge on any atom is -0.172 e. The van der Waals surface area contributed by atoms with Crippen molar-refractivity contribution in [1.29, 1.82) is 0 Å². The average Bonchev–Trinajstić information content (AvgIpc) is 2.18. The summed E-state index contributed by atoms with van der Waals surface area (Å²) in [6.45, 7) is 6.67. The van der Waals surface area contributed by atoms with Crippen molar-refractivity contribution in [2.24, 2.45) is 0 Å². The van der Waals surface area contributed by atoms with Gasteiger partial charge in [0.1, 0.15) is 0 Å². The molecule has 1 aromatic carbocycles. The van der Waals surface area contributed by atoms with Gasteiger partial charge >= 0.3 is 0 Å². The maximum atomic E-state index is 4.73. The maximum Gasteiger partial charge on any atom is 0.0142 e. The number of hydrogen-bond acceptors (Lipinski definition) is 1. The van der Waals surface area contributed by atoms with Crippen LogP contribution in [0.1, 0.15) is 51.5 Å². The van der Waals surface area contributed by atoms with Crippen molar-refractivity contribution in [2.75, 3.05) is 0 Å². The maximum absolute atomic E-state index is 4.73. The number of rotatable bonds is 5. The topological polar surface area (TPSA) is 0 Å². The van der Waals surface area contributed by atoms with Gasteiger partial charge in [0, 0.05) is 4.75 Å². The van der Waals surface area contributed by atoms with Gasteiger partial charge < -0.3 is 0 Å². The lowest BCUT2D eigenvalue weighted by Gasteiger charge is -2.30. The summed E-state index contributed by atoms with van der Waals surface area (Å²) >= 11 is 4.73. The van der Waals surface area contributed by atoms with Crippen LogP contribution < -0.4 is 0 Å². The van der Waals surface area contributed by atoms with E-state index in [4.69, 9.17) is 12.6 Å². The van der Waals surface area contributed by atoms with Gasteiger partial charge in [-0.05, 0) is 17.9 Å². The van der Waals surface area contributed by atoms with Gasteiger partial charge in [-0.25, -0.2) is 0 Å². The van der Waals surface area contributed by atoms with Crippen LogP contribution in [0.4, 0.5) is 0 Å². The SMILES string of the molecule is CCCCC(c1ccccc1)C(C)(C)S. The molecule has 0 aliphatic heterocycles. The molecule has 0 amide bonds. The third kappa shape index (κ3) is 3.90. The fourth-order valence-corrected chi connectivity index (χ4v) is 2.30. The van der Waals surface area contributed by atoms with Crippen LogP contribution >= 0.6 is 12.6 Å². The zero-order valence-electron chi connectivity index (χ0n) is 10.0. The van der Waals surface area contributed by atoms with Gasteiger partial charge in [-0.3, -0.25) is 0 Å². The van der Waals surface area contributed by atoms with Gasteiger partial charge in [0.05, 0.1) is 0 Å². The van der Waals surface area contributed by atoms with E-state index in [1.54, 1.807) is 0 Å². The fourth-order valence-electron chi connectivity index (χ4n) is 2.02. The lowest BCUT2D eigenvalue weighted by molar-refractivity contribution is 0.492. The molecule has 0 nitrogen and oxygen atoms in total. The predicted octanol–water partition coefficient (Wildman–Crippen LogP) is 4.67. The summed E-state index contributed by atoms with van der Waals surface area (Å²) in [5.74, 6) is 0.557. The first-order chi connectivity index (χ1) is 7.05. The zero-order chi connectivity index (χ0) is 11.3. The summed E-state index contributed by atoms with van der Waals surface area (Å²) in [4.78, 5) is 0. The first-order valence-corrected chi connectivity index (χ1v) is 6.27. The first-order valence-electron chi connectivity index (χ1n) is 5.83. The Hall–Kier alpha value is -0.430. The van der Waals surface area contributed by atoms with Crippen molar-refractivity contribution in [1.82, 2.24) is 0 Å². The molecular weight excluding hydrogens is 200 g/mol. The standard InChI is InChI=1S/C14H22S/c1-4-5-11-13(14(2,3)15)12-9-7-6-8-10-12/h6-10,13,15H,4-5,11H2,1-3H3. The van der Waals surface area contributed by atoms with Gasteiger partial charge in [-0.1, -0.05) is 63.9 Å². The Morgan fingerprint density at radius 1 is 1.20 bits per heavy atom. The van der Waals surface area contributed by atoms with Gasteiger partial charge in [-0.15, -0.1) is 0 Å². The molecule has 1 unspecified atom stereocenters. The second-order valence-corrected chi connectivity index (χ2v) is 5.91. The average molecular weight is 222 g/mol. The molecule has 0 aromatic heterocycles. The lowest BCUT2D eigenvalue weighted by Crippen LogP contribution is -2.22. The van der Waals surface area contributed by atoms with E-state index in [-0.39, 0.29) is 4.75 Å². The Morgan fingerprint density at radius 3 is 2.27 bits per heavy atom. The Balaban J connectivity index is 2.82. The molecule has 1 atom stereocenters. The summed E-state index contributed by atoms with van der Waals surface area (Å²) in [5.41, 5.74) is 1.42.